The Hall–Kier alpha value is -2.96. The number of hydrogen-bond donors (Lipinski definition) is 1. The van der Waals surface area contributed by atoms with Crippen LogP contribution in [0, 0.1) is 13.8 Å². The molecule has 1 atom stereocenters. The lowest BCUT2D eigenvalue weighted by Crippen LogP contribution is -2.37. The molecular formula is C20H24N6O. The minimum Gasteiger partial charge on any atom is -0.352 e. The third-order valence-electron chi connectivity index (χ3n) is 5.04. The predicted molar refractivity (Wildman–Crippen MR) is 102 cm³/mol. The number of aromatic nitrogens is 5. The first-order chi connectivity index (χ1) is 13.1. The van der Waals surface area contributed by atoms with Gasteiger partial charge in [-0.2, -0.15) is 5.10 Å². The van der Waals surface area contributed by atoms with Crippen molar-refractivity contribution >= 4 is 5.91 Å². The van der Waals surface area contributed by atoms with Gasteiger partial charge in [-0.25, -0.2) is 0 Å². The molecule has 1 aliphatic rings. The average molecular weight is 364 g/mol. The van der Waals surface area contributed by atoms with Crippen LogP contribution in [0.3, 0.4) is 0 Å². The molecule has 0 saturated heterocycles. The van der Waals surface area contributed by atoms with Crippen molar-refractivity contribution < 1.29 is 4.79 Å². The Bertz CT molecular complexity index is 943. The molecule has 0 fully saturated rings. The van der Waals surface area contributed by atoms with Gasteiger partial charge in [0.25, 0.3) is 0 Å². The van der Waals surface area contributed by atoms with Crippen molar-refractivity contribution in [3.63, 3.8) is 0 Å². The highest BCUT2D eigenvalue weighted by Crippen LogP contribution is 2.22. The quantitative estimate of drug-likeness (QED) is 0.770. The largest absolute Gasteiger partial charge is 0.352 e. The van der Waals surface area contributed by atoms with Crippen LogP contribution in [0.2, 0.25) is 0 Å². The van der Waals surface area contributed by atoms with Crippen LogP contribution in [0.25, 0.3) is 11.4 Å². The Labute approximate surface area is 158 Å². The summed E-state index contributed by atoms with van der Waals surface area (Å²) in [6, 6.07) is 12.2. The van der Waals surface area contributed by atoms with E-state index in [-0.39, 0.29) is 18.5 Å². The van der Waals surface area contributed by atoms with Crippen molar-refractivity contribution in [3.8, 4) is 11.4 Å². The summed E-state index contributed by atoms with van der Waals surface area (Å²) in [5.41, 5.74) is 3.01. The van der Waals surface area contributed by atoms with Crippen molar-refractivity contribution in [2.24, 2.45) is 0 Å². The number of fused-ring (bicyclic) bond motifs is 1. The van der Waals surface area contributed by atoms with E-state index in [1.165, 1.54) is 0 Å². The fraction of sp³-hybridized carbons (Fsp3) is 0.400. The van der Waals surface area contributed by atoms with E-state index in [9.17, 15) is 4.79 Å². The fourth-order valence-corrected chi connectivity index (χ4v) is 3.68. The summed E-state index contributed by atoms with van der Waals surface area (Å²) in [7, 11) is 0. The maximum absolute atomic E-state index is 12.4. The van der Waals surface area contributed by atoms with Crippen LogP contribution in [0.1, 0.15) is 30.1 Å². The zero-order valence-corrected chi connectivity index (χ0v) is 15.7. The van der Waals surface area contributed by atoms with Gasteiger partial charge in [-0.3, -0.25) is 9.48 Å². The molecule has 1 N–H and O–H groups in total. The van der Waals surface area contributed by atoms with Crippen molar-refractivity contribution in [1.82, 2.24) is 29.9 Å². The van der Waals surface area contributed by atoms with Crippen molar-refractivity contribution in [3.05, 3.63) is 53.6 Å². The first kappa shape index (κ1) is 17.5. The van der Waals surface area contributed by atoms with Crippen LogP contribution < -0.4 is 5.32 Å². The average Bonchev–Trinajstić information content (AvgIpc) is 3.14. The number of rotatable bonds is 4. The Morgan fingerprint density at radius 1 is 1.19 bits per heavy atom. The molecule has 2 aromatic heterocycles. The minimum absolute atomic E-state index is 0.00662. The topological polar surface area (TPSA) is 77.6 Å². The van der Waals surface area contributed by atoms with Gasteiger partial charge >= 0.3 is 0 Å². The van der Waals surface area contributed by atoms with Crippen molar-refractivity contribution in [2.45, 2.75) is 52.2 Å². The summed E-state index contributed by atoms with van der Waals surface area (Å²) in [5.74, 6) is 1.90. The number of hydrogen-bond acceptors (Lipinski definition) is 4. The summed E-state index contributed by atoms with van der Waals surface area (Å²) >= 11 is 0. The molecular weight excluding hydrogens is 340 g/mol. The van der Waals surface area contributed by atoms with Gasteiger partial charge in [0.2, 0.25) is 5.91 Å². The molecule has 0 bridgehead atoms. The summed E-state index contributed by atoms with van der Waals surface area (Å²) in [6.45, 7) is 4.97. The smallest absolute Gasteiger partial charge is 0.241 e. The maximum atomic E-state index is 12.4. The molecule has 0 spiro atoms. The molecule has 1 unspecified atom stereocenters. The minimum atomic E-state index is 0.00662. The fourth-order valence-electron chi connectivity index (χ4n) is 3.68. The zero-order chi connectivity index (χ0) is 18.8. The highest BCUT2D eigenvalue weighted by atomic mass is 16.2. The molecule has 0 saturated carbocycles. The van der Waals surface area contributed by atoms with Gasteiger partial charge in [0.05, 0.1) is 5.69 Å². The normalized spacial score (nSPS) is 16.6. The van der Waals surface area contributed by atoms with Gasteiger partial charge in [0.1, 0.15) is 12.4 Å². The lowest BCUT2D eigenvalue weighted by Gasteiger charge is -2.16. The Morgan fingerprint density at radius 2 is 2.00 bits per heavy atom. The van der Waals surface area contributed by atoms with Crippen LogP contribution in [-0.4, -0.2) is 36.5 Å². The van der Waals surface area contributed by atoms with E-state index in [0.717, 1.165) is 54.4 Å². The Kier molecular flexibility index (Phi) is 4.75. The molecule has 27 heavy (non-hydrogen) atoms. The van der Waals surface area contributed by atoms with Gasteiger partial charge < -0.3 is 9.88 Å². The van der Waals surface area contributed by atoms with Crippen LogP contribution in [-0.2, 0) is 24.3 Å². The molecule has 7 nitrogen and oxygen atoms in total. The number of carbonyl (C=O) groups is 1. The molecule has 1 aromatic carbocycles. The molecule has 140 valence electrons. The molecule has 1 aliphatic heterocycles. The summed E-state index contributed by atoms with van der Waals surface area (Å²) < 4.78 is 3.94. The highest BCUT2D eigenvalue weighted by Gasteiger charge is 2.22. The van der Waals surface area contributed by atoms with Crippen LogP contribution in [0.4, 0.5) is 0 Å². The summed E-state index contributed by atoms with van der Waals surface area (Å²) in [6.07, 6.45) is 2.55. The number of aryl methyl sites for hydroxylation is 3. The number of amides is 1. The van der Waals surface area contributed by atoms with Crippen LogP contribution in [0.15, 0.2) is 36.4 Å². The lowest BCUT2D eigenvalue weighted by atomic mass is 10.1. The van der Waals surface area contributed by atoms with Gasteiger partial charge in [-0.1, -0.05) is 30.3 Å². The van der Waals surface area contributed by atoms with Crippen molar-refractivity contribution in [2.75, 3.05) is 0 Å². The molecule has 0 radical (unpaired) electrons. The van der Waals surface area contributed by atoms with Crippen molar-refractivity contribution in [1.29, 1.82) is 0 Å². The maximum Gasteiger partial charge on any atom is 0.241 e. The molecule has 3 aromatic rings. The van der Waals surface area contributed by atoms with E-state index in [0.29, 0.717) is 0 Å². The van der Waals surface area contributed by atoms with E-state index in [4.69, 9.17) is 0 Å². The molecule has 4 rings (SSSR count). The standard InChI is InChI=1S/C20H24N6O/c1-14-12-15(2)26(24-14)13-19(27)21-17-8-9-18-22-23-20(25(18)11-10-17)16-6-4-3-5-7-16/h3-7,12,17H,8-11,13H2,1-2H3,(H,21,27). The third kappa shape index (κ3) is 3.77. The van der Waals surface area contributed by atoms with Gasteiger partial charge in [0.15, 0.2) is 5.82 Å². The predicted octanol–water partition coefficient (Wildman–Crippen LogP) is 2.28. The van der Waals surface area contributed by atoms with E-state index in [1.807, 2.05) is 38.1 Å². The number of nitrogens with one attached hydrogen (secondary N) is 1. The monoisotopic (exact) mass is 364 g/mol. The number of nitrogens with zero attached hydrogens (tertiary/aromatic N) is 5. The number of carbonyl (C=O) groups excluding carboxylic acids is 1. The van der Waals surface area contributed by atoms with E-state index in [2.05, 4.69) is 37.3 Å². The SMILES string of the molecule is Cc1cc(C)n(CC(=O)NC2CCc3nnc(-c4ccccc4)n3CC2)n1. The van der Waals surface area contributed by atoms with Crippen LogP contribution in [0.5, 0.6) is 0 Å². The second-order valence-corrected chi connectivity index (χ2v) is 7.13. The summed E-state index contributed by atoms with van der Waals surface area (Å²) in [4.78, 5) is 12.4. The van der Waals surface area contributed by atoms with Gasteiger partial charge in [-0.15, -0.1) is 10.2 Å². The third-order valence-corrected chi connectivity index (χ3v) is 5.04. The molecule has 1 amide bonds. The zero-order valence-electron chi connectivity index (χ0n) is 15.7. The first-order valence-corrected chi connectivity index (χ1v) is 9.38. The second kappa shape index (κ2) is 7.34. The van der Waals surface area contributed by atoms with Gasteiger partial charge in [0, 0.05) is 30.3 Å². The van der Waals surface area contributed by atoms with E-state index < -0.39 is 0 Å². The second-order valence-electron chi connectivity index (χ2n) is 7.13. The van der Waals surface area contributed by atoms with E-state index in [1.54, 1.807) is 4.68 Å². The number of benzene rings is 1. The lowest BCUT2D eigenvalue weighted by molar-refractivity contribution is -0.122. The Balaban J connectivity index is 1.41. The molecule has 3 heterocycles. The Morgan fingerprint density at radius 3 is 2.74 bits per heavy atom. The first-order valence-electron chi connectivity index (χ1n) is 9.38. The van der Waals surface area contributed by atoms with Crippen LogP contribution >= 0.6 is 0 Å². The molecule has 0 aliphatic carbocycles. The molecule has 7 heteroatoms. The van der Waals surface area contributed by atoms with E-state index >= 15 is 0 Å². The van der Waals surface area contributed by atoms with Gasteiger partial charge in [-0.05, 0) is 32.8 Å². The summed E-state index contributed by atoms with van der Waals surface area (Å²) in [5, 5.41) is 16.3. The highest BCUT2D eigenvalue weighted by molar-refractivity contribution is 5.76.